The molecule has 0 bridgehead atoms. The molecule has 22 heavy (non-hydrogen) atoms. The van der Waals surface area contributed by atoms with E-state index in [2.05, 4.69) is 9.88 Å². The van der Waals surface area contributed by atoms with Crippen molar-refractivity contribution in [1.29, 1.82) is 0 Å². The number of hydrogen-bond donors (Lipinski definition) is 1. The molecule has 2 N–H and O–H groups in total. The average Bonchev–Trinajstić information content (AvgIpc) is 2.93. The normalized spacial score (nSPS) is 22.7. The van der Waals surface area contributed by atoms with Crippen LogP contribution in [0.3, 0.4) is 0 Å². The summed E-state index contributed by atoms with van der Waals surface area (Å²) in [6, 6.07) is 0. The van der Waals surface area contributed by atoms with Crippen LogP contribution in [0.25, 0.3) is 0 Å². The van der Waals surface area contributed by atoms with E-state index >= 15 is 0 Å². The Labute approximate surface area is 136 Å². The molecule has 2 heterocycles. The van der Waals surface area contributed by atoms with E-state index in [1.807, 2.05) is 18.0 Å². The highest BCUT2D eigenvalue weighted by atomic mass is 32.1. The lowest BCUT2D eigenvalue weighted by atomic mass is 9.81. The number of carbonyl (C=O) groups is 1. The van der Waals surface area contributed by atoms with Crippen molar-refractivity contribution in [3.63, 3.8) is 0 Å². The van der Waals surface area contributed by atoms with Gasteiger partial charge in [0.25, 0.3) is 0 Å². The van der Waals surface area contributed by atoms with Crippen LogP contribution in [0.5, 0.6) is 0 Å². The standard InChI is InChI=1S/C16H26N4OS/c1-13-18-11-14(22-13)12-19-7-9-20(10-8-19)15(21)16(17)5-3-2-4-6-16/h11H,2-10,12,17H2,1H3. The molecule has 1 saturated heterocycles. The minimum absolute atomic E-state index is 0.181. The van der Waals surface area contributed by atoms with Gasteiger partial charge >= 0.3 is 0 Å². The summed E-state index contributed by atoms with van der Waals surface area (Å²) in [6.07, 6.45) is 7.07. The summed E-state index contributed by atoms with van der Waals surface area (Å²) in [5, 5.41) is 1.12. The monoisotopic (exact) mass is 322 g/mol. The molecule has 0 aromatic carbocycles. The predicted octanol–water partition coefficient (Wildman–Crippen LogP) is 1.76. The van der Waals surface area contributed by atoms with Gasteiger partial charge in [0.1, 0.15) is 0 Å². The first-order valence-electron chi connectivity index (χ1n) is 8.29. The smallest absolute Gasteiger partial charge is 0.242 e. The summed E-state index contributed by atoms with van der Waals surface area (Å²) < 4.78 is 0. The van der Waals surface area contributed by atoms with Crippen LogP contribution in [0.1, 0.15) is 42.0 Å². The van der Waals surface area contributed by atoms with Gasteiger partial charge in [-0.2, -0.15) is 0 Å². The minimum Gasteiger partial charge on any atom is -0.339 e. The molecule has 1 aromatic rings. The molecule has 2 fully saturated rings. The van der Waals surface area contributed by atoms with Crippen LogP contribution >= 0.6 is 11.3 Å². The van der Waals surface area contributed by atoms with Gasteiger partial charge in [-0.3, -0.25) is 9.69 Å². The SMILES string of the molecule is Cc1ncc(CN2CCN(C(=O)C3(N)CCCCC3)CC2)s1. The lowest BCUT2D eigenvalue weighted by Crippen LogP contribution is -2.60. The van der Waals surface area contributed by atoms with Crippen LogP contribution in [0.2, 0.25) is 0 Å². The maximum absolute atomic E-state index is 12.7. The number of piperazine rings is 1. The predicted molar refractivity (Wildman–Crippen MR) is 88.7 cm³/mol. The fraction of sp³-hybridized carbons (Fsp3) is 0.750. The summed E-state index contributed by atoms with van der Waals surface area (Å²) in [5.41, 5.74) is 5.79. The Bertz CT molecular complexity index is 516. The highest BCUT2D eigenvalue weighted by Gasteiger charge is 2.39. The minimum atomic E-state index is -0.588. The zero-order valence-electron chi connectivity index (χ0n) is 13.4. The van der Waals surface area contributed by atoms with Gasteiger partial charge in [-0.1, -0.05) is 19.3 Å². The number of hydrogen-bond acceptors (Lipinski definition) is 5. The van der Waals surface area contributed by atoms with Crippen molar-refractivity contribution in [2.75, 3.05) is 26.2 Å². The van der Waals surface area contributed by atoms with Crippen LogP contribution in [-0.4, -0.2) is 52.4 Å². The molecule has 0 unspecified atom stereocenters. The molecule has 122 valence electrons. The molecule has 1 aromatic heterocycles. The van der Waals surface area contributed by atoms with Crippen LogP contribution in [0, 0.1) is 6.92 Å². The van der Waals surface area contributed by atoms with Gasteiger partial charge in [0.15, 0.2) is 0 Å². The number of aryl methyl sites for hydroxylation is 1. The van der Waals surface area contributed by atoms with Gasteiger partial charge in [-0.25, -0.2) is 4.98 Å². The van der Waals surface area contributed by atoms with E-state index in [9.17, 15) is 4.79 Å². The summed E-state index contributed by atoms with van der Waals surface area (Å²) >= 11 is 1.76. The highest BCUT2D eigenvalue weighted by molar-refractivity contribution is 7.11. The van der Waals surface area contributed by atoms with E-state index in [1.165, 1.54) is 11.3 Å². The Balaban J connectivity index is 1.51. The fourth-order valence-corrected chi connectivity index (χ4v) is 4.36. The number of rotatable bonds is 3. The Hall–Kier alpha value is -0.980. The number of aromatic nitrogens is 1. The molecule has 1 aliphatic carbocycles. The Kier molecular flexibility index (Phi) is 4.80. The number of carbonyl (C=O) groups excluding carboxylic acids is 1. The van der Waals surface area contributed by atoms with Crippen LogP contribution in [-0.2, 0) is 11.3 Å². The molecule has 1 amide bonds. The topological polar surface area (TPSA) is 62.5 Å². The summed E-state index contributed by atoms with van der Waals surface area (Å²) in [6.45, 7) is 6.44. The largest absolute Gasteiger partial charge is 0.339 e. The summed E-state index contributed by atoms with van der Waals surface area (Å²) in [4.78, 5) is 22.7. The molecular weight excluding hydrogens is 296 g/mol. The van der Waals surface area contributed by atoms with Crippen molar-refractivity contribution in [2.45, 2.75) is 51.1 Å². The molecule has 0 spiro atoms. The molecule has 5 nitrogen and oxygen atoms in total. The number of amides is 1. The van der Waals surface area contributed by atoms with Crippen molar-refractivity contribution in [1.82, 2.24) is 14.8 Å². The van der Waals surface area contributed by atoms with Gasteiger partial charge < -0.3 is 10.6 Å². The first-order valence-corrected chi connectivity index (χ1v) is 9.10. The Morgan fingerprint density at radius 2 is 1.95 bits per heavy atom. The van der Waals surface area contributed by atoms with E-state index in [0.717, 1.165) is 63.4 Å². The molecule has 0 radical (unpaired) electrons. The molecule has 1 aliphatic heterocycles. The van der Waals surface area contributed by atoms with Gasteiger partial charge in [-0.05, 0) is 19.8 Å². The van der Waals surface area contributed by atoms with Gasteiger partial charge in [0.2, 0.25) is 5.91 Å². The second-order valence-corrected chi connectivity index (χ2v) is 7.95. The summed E-state index contributed by atoms with van der Waals surface area (Å²) in [5.74, 6) is 0.181. The van der Waals surface area contributed by atoms with Crippen molar-refractivity contribution in [3.05, 3.63) is 16.1 Å². The zero-order chi connectivity index (χ0) is 15.6. The molecule has 2 aliphatic rings. The summed E-state index contributed by atoms with van der Waals surface area (Å²) in [7, 11) is 0. The van der Waals surface area contributed by atoms with Crippen molar-refractivity contribution in [3.8, 4) is 0 Å². The van der Waals surface area contributed by atoms with E-state index < -0.39 is 5.54 Å². The molecule has 6 heteroatoms. The molecule has 3 rings (SSSR count). The van der Waals surface area contributed by atoms with E-state index in [0.29, 0.717) is 0 Å². The average molecular weight is 322 g/mol. The number of thiazole rings is 1. The molecular formula is C16H26N4OS. The second-order valence-electron chi connectivity index (χ2n) is 6.63. The Morgan fingerprint density at radius 3 is 2.55 bits per heavy atom. The first kappa shape index (κ1) is 15.9. The lowest BCUT2D eigenvalue weighted by Gasteiger charge is -2.41. The third-order valence-corrected chi connectivity index (χ3v) is 5.78. The van der Waals surface area contributed by atoms with Crippen LogP contribution < -0.4 is 5.73 Å². The quantitative estimate of drug-likeness (QED) is 0.921. The van der Waals surface area contributed by atoms with E-state index in [4.69, 9.17) is 5.73 Å². The third kappa shape index (κ3) is 3.50. The van der Waals surface area contributed by atoms with Crippen molar-refractivity contribution < 1.29 is 4.79 Å². The van der Waals surface area contributed by atoms with Crippen molar-refractivity contribution >= 4 is 17.2 Å². The first-order chi connectivity index (χ1) is 10.6. The highest BCUT2D eigenvalue weighted by Crippen LogP contribution is 2.28. The van der Waals surface area contributed by atoms with Gasteiger partial charge in [0.05, 0.1) is 10.5 Å². The second kappa shape index (κ2) is 6.64. The van der Waals surface area contributed by atoms with E-state index in [-0.39, 0.29) is 5.91 Å². The third-order valence-electron chi connectivity index (χ3n) is 4.88. The lowest BCUT2D eigenvalue weighted by molar-refractivity contribution is -0.140. The number of nitrogens with two attached hydrogens (primary N) is 1. The van der Waals surface area contributed by atoms with Gasteiger partial charge in [-0.15, -0.1) is 11.3 Å². The van der Waals surface area contributed by atoms with Crippen molar-refractivity contribution in [2.24, 2.45) is 5.73 Å². The maximum Gasteiger partial charge on any atom is 0.242 e. The molecule has 0 atom stereocenters. The number of nitrogens with zero attached hydrogens (tertiary/aromatic N) is 3. The van der Waals surface area contributed by atoms with Crippen LogP contribution in [0.15, 0.2) is 6.20 Å². The van der Waals surface area contributed by atoms with Crippen LogP contribution in [0.4, 0.5) is 0 Å². The fourth-order valence-electron chi connectivity index (χ4n) is 3.52. The zero-order valence-corrected chi connectivity index (χ0v) is 14.2. The van der Waals surface area contributed by atoms with Gasteiger partial charge in [0, 0.05) is 43.8 Å². The maximum atomic E-state index is 12.7. The molecule has 1 saturated carbocycles. The Morgan fingerprint density at radius 1 is 1.27 bits per heavy atom. The van der Waals surface area contributed by atoms with E-state index in [1.54, 1.807) is 11.3 Å².